The Morgan fingerprint density at radius 3 is 1.15 bits per heavy atom. The predicted molar refractivity (Wildman–Crippen MR) is 316 cm³/mol. The first-order valence-corrected chi connectivity index (χ1v) is 32.5. The van der Waals surface area contributed by atoms with Gasteiger partial charge in [0.1, 0.15) is 19.8 Å². The first-order valence-electron chi connectivity index (χ1n) is 31.0. The zero-order valence-corrected chi connectivity index (χ0v) is 50.0. The summed E-state index contributed by atoms with van der Waals surface area (Å²) >= 11 is 0. The van der Waals surface area contributed by atoms with Crippen molar-refractivity contribution in [2.24, 2.45) is 0 Å². The van der Waals surface area contributed by atoms with Crippen LogP contribution < -0.4 is 0 Å². The van der Waals surface area contributed by atoms with Crippen LogP contribution in [-0.4, -0.2) is 74.9 Å². The van der Waals surface area contributed by atoms with E-state index in [0.29, 0.717) is 17.4 Å². The lowest BCUT2D eigenvalue weighted by atomic mass is 10.0. The van der Waals surface area contributed by atoms with Gasteiger partial charge in [0, 0.05) is 12.8 Å². The molecule has 0 fully saturated rings. The number of likely N-dealkylation sites (N-methyl/N-ethyl adjacent to an activating group) is 1. The summed E-state index contributed by atoms with van der Waals surface area (Å²) in [6.07, 6.45) is 71.8. The Kier molecular flexibility index (Phi) is 53.7. The standard InChI is InChI=1S/C64H118NO8P/c1-6-8-10-12-14-16-18-20-22-24-26-27-28-29-30-31-32-33-34-35-36-37-39-40-42-44-46-48-50-52-54-56-63(66)70-60-62(61-72-74(68,69)71-59-58-65(3,4)5)73-64(67)57-55-53-51-49-47-45-43-41-38-25-23-21-19-17-15-13-11-9-7-2/h9,11,15,17,21,23,38,41,45,47,62H,6-8,10,12-14,16,18-20,22,24-37,39-40,42-44,46,48-61H2,1-5H3/p+1/b11-9-,17-15-,23-21-,41-38-,47-45-. The largest absolute Gasteiger partial charge is 0.472 e. The van der Waals surface area contributed by atoms with E-state index in [-0.39, 0.29) is 32.0 Å². The molecule has 10 heteroatoms. The van der Waals surface area contributed by atoms with Gasteiger partial charge in [-0.3, -0.25) is 18.6 Å². The zero-order valence-electron chi connectivity index (χ0n) is 49.1. The second kappa shape index (κ2) is 55.5. The summed E-state index contributed by atoms with van der Waals surface area (Å²) in [7, 11) is 1.46. The Bertz CT molecular complexity index is 1430. The van der Waals surface area contributed by atoms with Crippen molar-refractivity contribution in [3.05, 3.63) is 60.8 Å². The van der Waals surface area contributed by atoms with Crippen molar-refractivity contribution < 1.29 is 42.1 Å². The zero-order chi connectivity index (χ0) is 54.2. The molecule has 0 heterocycles. The molecule has 0 saturated carbocycles. The fraction of sp³-hybridized carbons (Fsp3) is 0.812. The SMILES string of the molecule is CC/C=C\C/C=C\C/C=C\C/C=C\C/C=C\CCCCCC(=O)OC(COC(=O)CCCCCCCCCCCCCCCCCCCCCCCCCCCCCCCCC)COP(=O)(O)OCC[N+](C)(C)C. The van der Waals surface area contributed by atoms with Crippen LogP contribution in [0.3, 0.4) is 0 Å². The number of carbonyl (C=O) groups excluding carboxylic acids is 2. The van der Waals surface area contributed by atoms with E-state index in [4.69, 9.17) is 18.5 Å². The molecular formula is C64H119NO8P+. The van der Waals surface area contributed by atoms with Gasteiger partial charge in [-0.1, -0.05) is 274 Å². The number of ether oxygens (including phenoxy) is 2. The summed E-state index contributed by atoms with van der Waals surface area (Å²) in [6, 6.07) is 0. The molecule has 2 unspecified atom stereocenters. The van der Waals surface area contributed by atoms with E-state index in [1.165, 1.54) is 180 Å². The minimum atomic E-state index is -4.40. The Balaban J connectivity index is 4.06. The van der Waals surface area contributed by atoms with Crippen LogP contribution in [0.25, 0.3) is 0 Å². The third kappa shape index (κ3) is 59.0. The highest BCUT2D eigenvalue weighted by molar-refractivity contribution is 7.47. The fourth-order valence-electron chi connectivity index (χ4n) is 8.81. The third-order valence-corrected chi connectivity index (χ3v) is 14.5. The first kappa shape index (κ1) is 71.7. The lowest BCUT2D eigenvalue weighted by Crippen LogP contribution is -2.37. The fourth-order valence-corrected chi connectivity index (χ4v) is 9.55. The maximum Gasteiger partial charge on any atom is 0.472 e. The average Bonchev–Trinajstić information content (AvgIpc) is 3.36. The number of quaternary nitrogens is 1. The molecule has 0 aromatic carbocycles. The normalized spacial score (nSPS) is 13.6. The van der Waals surface area contributed by atoms with E-state index in [9.17, 15) is 19.0 Å². The molecule has 9 nitrogen and oxygen atoms in total. The molecule has 0 aliphatic rings. The van der Waals surface area contributed by atoms with E-state index < -0.39 is 26.5 Å². The summed E-state index contributed by atoms with van der Waals surface area (Å²) in [5, 5.41) is 0. The summed E-state index contributed by atoms with van der Waals surface area (Å²) < 4.78 is 34.5. The number of carbonyl (C=O) groups is 2. The van der Waals surface area contributed by atoms with Crippen LogP contribution in [0, 0.1) is 0 Å². The van der Waals surface area contributed by atoms with Crippen molar-refractivity contribution in [1.82, 2.24) is 0 Å². The first-order chi connectivity index (χ1) is 36.0. The van der Waals surface area contributed by atoms with Gasteiger partial charge in [-0.15, -0.1) is 0 Å². The highest BCUT2D eigenvalue weighted by Gasteiger charge is 2.27. The van der Waals surface area contributed by atoms with Crippen molar-refractivity contribution in [1.29, 1.82) is 0 Å². The van der Waals surface area contributed by atoms with Gasteiger partial charge >= 0.3 is 19.8 Å². The van der Waals surface area contributed by atoms with Gasteiger partial charge < -0.3 is 18.9 Å². The van der Waals surface area contributed by atoms with Crippen LogP contribution in [0.15, 0.2) is 60.8 Å². The van der Waals surface area contributed by atoms with Crippen LogP contribution in [0.4, 0.5) is 0 Å². The lowest BCUT2D eigenvalue weighted by Gasteiger charge is -2.24. The van der Waals surface area contributed by atoms with E-state index >= 15 is 0 Å². The quantitative estimate of drug-likeness (QED) is 0.0211. The Hall–Kier alpha value is -2.29. The summed E-state index contributed by atoms with van der Waals surface area (Å²) in [5.74, 6) is -0.827. The topological polar surface area (TPSA) is 108 Å². The van der Waals surface area contributed by atoms with Gasteiger partial charge in [-0.25, -0.2) is 4.57 Å². The molecule has 0 bridgehead atoms. The van der Waals surface area contributed by atoms with Crippen LogP contribution in [-0.2, 0) is 32.7 Å². The second-order valence-electron chi connectivity index (χ2n) is 22.1. The van der Waals surface area contributed by atoms with Gasteiger partial charge in [0.05, 0.1) is 27.7 Å². The average molecular weight is 1060 g/mol. The van der Waals surface area contributed by atoms with Crippen molar-refractivity contribution in [2.45, 2.75) is 290 Å². The number of rotatable bonds is 57. The number of hydrogen-bond donors (Lipinski definition) is 1. The number of nitrogens with zero attached hydrogens (tertiary/aromatic N) is 1. The molecule has 0 aromatic heterocycles. The number of phosphoric ester groups is 1. The van der Waals surface area contributed by atoms with Gasteiger partial charge in [-0.2, -0.15) is 0 Å². The van der Waals surface area contributed by atoms with Gasteiger partial charge in [0.2, 0.25) is 0 Å². The molecule has 0 spiro atoms. The number of hydrogen-bond acceptors (Lipinski definition) is 7. The summed E-state index contributed by atoms with van der Waals surface area (Å²) in [5.41, 5.74) is 0. The Morgan fingerprint density at radius 1 is 0.432 bits per heavy atom. The summed E-state index contributed by atoms with van der Waals surface area (Å²) in [4.78, 5) is 35.7. The van der Waals surface area contributed by atoms with Gasteiger partial charge in [0.15, 0.2) is 6.10 Å². The molecular weight excluding hydrogens is 942 g/mol. The molecule has 0 amide bonds. The molecule has 74 heavy (non-hydrogen) atoms. The molecule has 1 N–H and O–H groups in total. The third-order valence-electron chi connectivity index (χ3n) is 13.6. The van der Waals surface area contributed by atoms with E-state index in [1.54, 1.807) is 0 Å². The smallest absolute Gasteiger partial charge is 0.462 e. The van der Waals surface area contributed by atoms with Crippen LogP contribution >= 0.6 is 7.82 Å². The number of phosphoric acid groups is 1. The number of allylic oxidation sites excluding steroid dienone is 10. The molecule has 2 atom stereocenters. The molecule has 0 saturated heterocycles. The minimum Gasteiger partial charge on any atom is -0.462 e. The maximum atomic E-state index is 12.8. The Morgan fingerprint density at radius 2 is 0.770 bits per heavy atom. The number of unbranched alkanes of at least 4 members (excludes halogenated alkanes) is 33. The molecule has 0 aliphatic heterocycles. The molecule has 0 aliphatic carbocycles. The van der Waals surface area contributed by atoms with Crippen LogP contribution in [0.5, 0.6) is 0 Å². The van der Waals surface area contributed by atoms with Gasteiger partial charge in [-0.05, 0) is 57.8 Å². The Labute approximate surface area is 457 Å². The van der Waals surface area contributed by atoms with Crippen LogP contribution in [0.1, 0.15) is 284 Å². The molecule has 432 valence electrons. The van der Waals surface area contributed by atoms with Gasteiger partial charge in [0.25, 0.3) is 0 Å². The van der Waals surface area contributed by atoms with Crippen molar-refractivity contribution >= 4 is 19.8 Å². The molecule has 0 rings (SSSR count). The van der Waals surface area contributed by atoms with Crippen molar-refractivity contribution in [3.8, 4) is 0 Å². The highest BCUT2D eigenvalue weighted by atomic mass is 31.2. The predicted octanol–water partition coefficient (Wildman–Crippen LogP) is 19.5. The van der Waals surface area contributed by atoms with E-state index in [1.807, 2.05) is 21.1 Å². The number of esters is 2. The van der Waals surface area contributed by atoms with Crippen LogP contribution in [0.2, 0.25) is 0 Å². The maximum absolute atomic E-state index is 12.8. The molecule has 0 radical (unpaired) electrons. The van der Waals surface area contributed by atoms with E-state index in [0.717, 1.165) is 70.6 Å². The monoisotopic (exact) mass is 1060 g/mol. The minimum absolute atomic E-state index is 0.0239. The van der Waals surface area contributed by atoms with Crippen molar-refractivity contribution in [2.75, 3.05) is 47.5 Å². The highest BCUT2D eigenvalue weighted by Crippen LogP contribution is 2.43. The second-order valence-corrected chi connectivity index (χ2v) is 23.5. The molecule has 0 aromatic rings. The summed E-state index contributed by atoms with van der Waals surface area (Å²) in [6.45, 7) is 4.31. The lowest BCUT2D eigenvalue weighted by molar-refractivity contribution is -0.870. The van der Waals surface area contributed by atoms with E-state index in [2.05, 4.69) is 74.6 Å². The van der Waals surface area contributed by atoms with Crippen molar-refractivity contribution in [3.63, 3.8) is 0 Å².